The zero-order chi connectivity index (χ0) is 40.0. The molecular weight excluding hydrogens is 709 g/mol. The van der Waals surface area contributed by atoms with Crippen molar-refractivity contribution in [1.29, 1.82) is 0 Å². The van der Waals surface area contributed by atoms with Crippen LogP contribution in [0.1, 0.15) is 168 Å². The van der Waals surface area contributed by atoms with E-state index in [1.165, 1.54) is 70.6 Å². The molecule has 3 atom stereocenters. The van der Waals surface area contributed by atoms with E-state index in [1.54, 1.807) is 0 Å². The molecule has 0 heterocycles. The summed E-state index contributed by atoms with van der Waals surface area (Å²) < 4.78 is 26.7. The van der Waals surface area contributed by atoms with Gasteiger partial charge in [0, 0.05) is 12.8 Å². The van der Waals surface area contributed by atoms with Crippen LogP contribution in [0, 0.1) is 0 Å². The van der Waals surface area contributed by atoms with Gasteiger partial charge in [0.15, 0.2) is 6.04 Å². The van der Waals surface area contributed by atoms with E-state index in [0.29, 0.717) is 12.8 Å². The lowest BCUT2D eigenvalue weighted by molar-refractivity contribution is -0.147. The summed E-state index contributed by atoms with van der Waals surface area (Å²) >= 11 is 0. The van der Waals surface area contributed by atoms with Crippen molar-refractivity contribution in [3.8, 4) is 0 Å². The molecule has 12 heteroatoms. The van der Waals surface area contributed by atoms with Gasteiger partial charge in [-0.1, -0.05) is 152 Å². The van der Waals surface area contributed by atoms with E-state index in [1.807, 2.05) is 0 Å². The molecule has 312 valence electrons. The Morgan fingerprint density at radius 1 is 0.611 bits per heavy atom. The van der Waals surface area contributed by atoms with Crippen LogP contribution in [0.4, 0.5) is 0 Å². The second-order valence-corrected chi connectivity index (χ2v) is 15.3. The van der Waals surface area contributed by atoms with Crippen LogP contribution < -0.4 is 5.32 Å². The third kappa shape index (κ3) is 36.4. The third-order valence-electron chi connectivity index (χ3n) is 8.63. The van der Waals surface area contributed by atoms with Crippen molar-refractivity contribution in [2.75, 3.05) is 19.8 Å². The molecule has 11 nitrogen and oxygen atoms in total. The van der Waals surface area contributed by atoms with Gasteiger partial charge in [0.1, 0.15) is 12.7 Å². The van der Waals surface area contributed by atoms with E-state index >= 15 is 0 Å². The molecule has 0 aromatic carbocycles. The second-order valence-electron chi connectivity index (χ2n) is 13.8. The molecular formula is C42H74NO10P. The van der Waals surface area contributed by atoms with Crippen LogP contribution in [0.5, 0.6) is 0 Å². The summed E-state index contributed by atoms with van der Waals surface area (Å²) in [4.78, 5) is 45.8. The van der Waals surface area contributed by atoms with Gasteiger partial charge in [0.05, 0.1) is 13.2 Å². The van der Waals surface area contributed by atoms with Crippen LogP contribution in [0.25, 0.3) is 0 Å². The number of aliphatic carboxylic acids is 1. The number of hydrogen-bond acceptors (Lipinski definition) is 8. The zero-order valence-electron chi connectivity index (χ0n) is 33.5. The maximum atomic E-state index is 12.3. The van der Waals surface area contributed by atoms with Crippen molar-refractivity contribution in [1.82, 2.24) is 5.32 Å². The molecule has 0 aliphatic heterocycles. The first-order valence-corrected chi connectivity index (χ1v) is 22.2. The molecule has 0 aliphatic rings. The first-order chi connectivity index (χ1) is 26.1. The van der Waals surface area contributed by atoms with Gasteiger partial charge in [-0.05, 0) is 51.4 Å². The molecule has 0 aromatic heterocycles. The number of unbranched alkanes of at least 4 members (excludes halogenated alkanes) is 16. The number of carbonyl (C=O) groups excluding carboxylic acids is 2. The molecule has 0 saturated heterocycles. The molecule has 0 aliphatic carbocycles. The topological polar surface area (TPSA) is 169 Å². The van der Waals surface area contributed by atoms with Crippen LogP contribution in [0.3, 0.4) is 0 Å². The summed E-state index contributed by atoms with van der Waals surface area (Å²) in [6.45, 7) is 2.42. The predicted octanol–water partition coefficient (Wildman–Crippen LogP) is 10.2. The summed E-state index contributed by atoms with van der Waals surface area (Å²) in [5.74, 6) is -2.42. The molecule has 54 heavy (non-hydrogen) atoms. The first-order valence-electron chi connectivity index (χ1n) is 20.7. The number of esters is 1. The van der Waals surface area contributed by atoms with Crippen molar-refractivity contribution >= 4 is 25.7 Å². The average Bonchev–Trinajstić information content (AvgIpc) is 3.14. The number of aliphatic hydroxyl groups is 1. The van der Waals surface area contributed by atoms with Gasteiger partial charge in [-0.25, -0.2) is 9.36 Å². The minimum atomic E-state index is -4.76. The summed E-state index contributed by atoms with van der Waals surface area (Å²) in [6, 6.07) is -1.55. The lowest BCUT2D eigenvalue weighted by atomic mass is 10.0. The monoisotopic (exact) mass is 784 g/mol. The quantitative estimate of drug-likeness (QED) is 0.0205. The highest BCUT2D eigenvalue weighted by Gasteiger charge is 2.28. The molecule has 0 rings (SSSR count). The standard InChI is InChI=1S/C42H74NO10P/c1-3-5-7-9-11-13-15-17-19-21-23-25-27-29-31-33-40(45)43-39(42(47)48)37-53-54(49,50)52-36-38(44)35-51-41(46)34-32-30-28-26-24-22-20-18-16-14-12-10-8-6-4-2/h6,8,12,14,18,20,24,26,38-39,44H,3-5,7,9-11,13,15-17,19,21-23,25,27-37H2,1-2H3,(H,43,45)(H,47,48)(H,49,50)/b8-6-,14-12-,20-18-,26-24-. The van der Waals surface area contributed by atoms with Gasteiger partial charge in [-0.3, -0.25) is 18.6 Å². The van der Waals surface area contributed by atoms with Crippen LogP contribution in [0.15, 0.2) is 48.6 Å². The summed E-state index contributed by atoms with van der Waals surface area (Å²) in [6.07, 6.45) is 40.0. The van der Waals surface area contributed by atoms with E-state index in [-0.39, 0.29) is 12.8 Å². The number of carboxylic acids is 1. The number of aliphatic hydroxyl groups excluding tert-OH is 1. The molecule has 0 fully saturated rings. The summed E-state index contributed by atoms with van der Waals surface area (Å²) in [5.41, 5.74) is 0. The highest BCUT2D eigenvalue weighted by molar-refractivity contribution is 7.47. The highest BCUT2D eigenvalue weighted by atomic mass is 31.2. The van der Waals surface area contributed by atoms with E-state index in [0.717, 1.165) is 57.8 Å². The number of hydrogen-bond donors (Lipinski definition) is 4. The van der Waals surface area contributed by atoms with Gasteiger partial charge in [-0.15, -0.1) is 0 Å². The number of carboxylic acid groups (broad SMARTS) is 1. The number of ether oxygens (including phenoxy) is 1. The lowest BCUT2D eigenvalue weighted by Crippen LogP contribution is -2.43. The Kier molecular flexibility index (Phi) is 35.6. The van der Waals surface area contributed by atoms with E-state index in [4.69, 9.17) is 13.8 Å². The SMILES string of the molecule is CC/C=C\C/C=C\C/C=C\C/C=C\CCCCC(=O)OCC(O)COP(=O)(O)OCC(NC(=O)CCCCCCCCCCCCCCCCC)C(=O)O. The van der Waals surface area contributed by atoms with Crippen molar-refractivity contribution in [3.05, 3.63) is 48.6 Å². The Morgan fingerprint density at radius 3 is 1.59 bits per heavy atom. The van der Waals surface area contributed by atoms with E-state index in [2.05, 4.69) is 67.8 Å². The van der Waals surface area contributed by atoms with Crippen LogP contribution in [-0.4, -0.2) is 64.9 Å². The molecule has 0 bridgehead atoms. The first kappa shape index (κ1) is 51.4. The average molecular weight is 784 g/mol. The largest absolute Gasteiger partial charge is 0.480 e. The number of rotatable bonds is 38. The minimum Gasteiger partial charge on any atom is -0.480 e. The van der Waals surface area contributed by atoms with E-state index in [9.17, 15) is 34.1 Å². The van der Waals surface area contributed by atoms with Crippen molar-refractivity contribution in [2.45, 2.75) is 180 Å². The molecule has 0 aromatic rings. The fourth-order valence-electron chi connectivity index (χ4n) is 5.42. The Balaban J connectivity index is 3.98. The fraction of sp³-hybridized carbons (Fsp3) is 0.738. The Labute approximate surface area is 326 Å². The van der Waals surface area contributed by atoms with Crippen molar-refractivity contribution in [2.24, 2.45) is 0 Å². The Morgan fingerprint density at radius 2 is 1.07 bits per heavy atom. The Bertz CT molecular complexity index is 1110. The highest BCUT2D eigenvalue weighted by Crippen LogP contribution is 2.43. The molecule has 0 spiro atoms. The third-order valence-corrected chi connectivity index (χ3v) is 9.58. The number of phosphoric ester groups is 1. The maximum absolute atomic E-state index is 12.3. The molecule has 0 saturated carbocycles. The predicted molar refractivity (Wildman–Crippen MR) is 217 cm³/mol. The van der Waals surface area contributed by atoms with Crippen LogP contribution in [-0.2, 0) is 32.7 Å². The van der Waals surface area contributed by atoms with Gasteiger partial charge in [0.25, 0.3) is 0 Å². The second kappa shape index (κ2) is 37.4. The number of carbonyl (C=O) groups is 3. The van der Waals surface area contributed by atoms with Crippen molar-refractivity contribution < 1.29 is 47.8 Å². The smallest absolute Gasteiger partial charge is 0.472 e. The number of nitrogens with one attached hydrogen (secondary N) is 1. The summed E-state index contributed by atoms with van der Waals surface area (Å²) in [5, 5.41) is 21.8. The normalized spacial score (nSPS) is 14.3. The number of amides is 1. The van der Waals surface area contributed by atoms with Gasteiger partial charge >= 0.3 is 19.8 Å². The fourth-order valence-corrected chi connectivity index (χ4v) is 6.20. The van der Waals surface area contributed by atoms with E-state index < -0.39 is 57.6 Å². The number of allylic oxidation sites excluding steroid dienone is 8. The molecule has 3 unspecified atom stereocenters. The van der Waals surface area contributed by atoms with Crippen LogP contribution >= 0.6 is 7.82 Å². The van der Waals surface area contributed by atoms with Gasteiger partial charge < -0.3 is 25.2 Å². The lowest BCUT2D eigenvalue weighted by Gasteiger charge is -2.18. The Hall–Kier alpha value is -2.56. The minimum absolute atomic E-state index is 0.144. The van der Waals surface area contributed by atoms with Crippen LogP contribution in [0.2, 0.25) is 0 Å². The molecule has 4 N–H and O–H groups in total. The summed E-state index contributed by atoms with van der Waals surface area (Å²) in [7, 11) is -4.76. The maximum Gasteiger partial charge on any atom is 0.472 e. The van der Waals surface area contributed by atoms with Crippen molar-refractivity contribution in [3.63, 3.8) is 0 Å². The molecule has 1 amide bonds. The molecule has 0 radical (unpaired) electrons. The number of phosphoric acid groups is 1. The zero-order valence-corrected chi connectivity index (χ0v) is 34.4. The van der Waals surface area contributed by atoms with Gasteiger partial charge in [0.2, 0.25) is 5.91 Å². The van der Waals surface area contributed by atoms with Gasteiger partial charge in [-0.2, -0.15) is 0 Å².